The summed E-state index contributed by atoms with van der Waals surface area (Å²) in [7, 11) is -0.312. The van der Waals surface area contributed by atoms with Gasteiger partial charge in [-0.15, -0.1) is 0 Å². The zero-order valence-corrected chi connectivity index (χ0v) is 17.3. The molecule has 0 aromatic heterocycles. The number of benzene rings is 2. The second kappa shape index (κ2) is 8.32. The van der Waals surface area contributed by atoms with Gasteiger partial charge in [0.15, 0.2) is 0 Å². The molecule has 1 aliphatic rings. The van der Waals surface area contributed by atoms with Crippen molar-refractivity contribution in [3.63, 3.8) is 0 Å². The lowest BCUT2D eigenvalue weighted by Crippen LogP contribution is -2.45. The number of ether oxygens (including phenoxy) is 1. The van der Waals surface area contributed by atoms with Crippen LogP contribution in [0, 0.1) is 12.8 Å². The first kappa shape index (κ1) is 20.4. The van der Waals surface area contributed by atoms with E-state index in [1.54, 1.807) is 49.4 Å². The number of hydrogen-bond acceptors (Lipinski definition) is 4. The molecule has 0 unspecified atom stereocenters. The summed E-state index contributed by atoms with van der Waals surface area (Å²) in [6.07, 6.45) is 1.33. The fourth-order valence-electron chi connectivity index (χ4n) is 3.44. The monoisotopic (exact) mass is 402 g/mol. The van der Waals surface area contributed by atoms with Crippen LogP contribution in [0.1, 0.15) is 18.4 Å². The van der Waals surface area contributed by atoms with E-state index < -0.39 is 10.0 Å². The highest BCUT2D eigenvalue weighted by molar-refractivity contribution is 7.89. The predicted octanol–water partition coefficient (Wildman–Crippen LogP) is 3.07. The van der Waals surface area contributed by atoms with E-state index in [-0.39, 0.29) is 23.3 Å². The zero-order valence-electron chi connectivity index (χ0n) is 16.5. The van der Waals surface area contributed by atoms with Gasteiger partial charge < -0.3 is 9.64 Å². The van der Waals surface area contributed by atoms with Crippen LogP contribution in [0.3, 0.4) is 0 Å². The first-order valence-corrected chi connectivity index (χ1v) is 10.8. The van der Waals surface area contributed by atoms with Crippen molar-refractivity contribution < 1.29 is 17.9 Å². The van der Waals surface area contributed by atoms with Crippen molar-refractivity contribution in [1.82, 2.24) is 4.31 Å². The van der Waals surface area contributed by atoms with Gasteiger partial charge in [0.2, 0.25) is 15.9 Å². The van der Waals surface area contributed by atoms with Gasteiger partial charge in [0, 0.05) is 31.9 Å². The number of nitrogens with zero attached hydrogens (tertiary/aromatic N) is 2. The van der Waals surface area contributed by atoms with Gasteiger partial charge in [0.25, 0.3) is 0 Å². The lowest BCUT2D eigenvalue weighted by Gasteiger charge is -2.33. The molecule has 1 amide bonds. The van der Waals surface area contributed by atoms with Gasteiger partial charge in [0.1, 0.15) is 5.75 Å². The summed E-state index contributed by atoms with van der Waals surface area (Å²) < 4.78 is 32.6. The number of hydrogen-bond donors (Lipinski definition) is 0. The van der Waals surface area contributed by atoms with Crippen LogP contribution in [0.15, 0.2) is 53.4 Å². The van der Waals surface area contributed by atoms with E-state index >= 15 is 0 Å². The number of amides is 1. The number of carbonyl (C=O) groups excluding carboxylic acids is 1. The molecule has 0 spiro atoms. The summed E-state index contributed by atoms with van der Waals surface area (Å²) >= 11 is 0. The molecular weight excluding hydrogens is 376 g/mol. The molecule has 1 heterocycles. The van der Waals surface area contributed by atoms with Gasteiger partial charge in [-0.3, -0.25) is 4.79 Å². The first-order valence-electron chi connectivity index (χ1n) is 9.31. The molecule has 6 nitrogen and oxygen atoms in total. The van der Waals surface area contributed by atoms with E-state index in [4.69, 9.17) is 4.74 Å². The Morgan fingerprint density at radius 2 is 1.89 bits per heavy atom. The molecule has 1 aliphatic heterocycles. The molecule has 28 heavy (non-hydrogen) atoms. The second-order valence-corrected chi connectivity index (χ2v) is 9.05. The molecule has 150 valence electrons. The van der Waals surface area contributed by atoms with Gasteiger partial charge in [-0.05, 0) is 44.0 Å². The predicted molar refractivity (Wildman–Crippen MR) is 109 cm³/mol. The van der Waals surface area contributed by atoms with Crippen LogP contribution in [0.4, 0.5) is 5.69 Å². The van der Waals surface area contributed by atoms with E-state index in [9.17, 15) is 13.2 Å². The van der Waals surface area contributed by atoms with Crippen LogP contribution in [0.2, 0.25) is 0 Å². The Labute approximate surface area is 166 Å². The summed E-state index contributed by atoms with van der Waals surface area (Å²) in [6.45, 7) is 2.55. The largest absolute Gasteiger partial charge is 0.497 e. The Morgan fingerprint density at radius 1 is 1.18 bits per heavy atom. The smallest absolute Gasteiger partial charge is 0.243 e. The SMILES string of the molecule is COc1cccc(N(C)C(=O)[C@@H]2CCCN(S(=O)(=O)c3ccc(C)cc3)C2)c1. The van der Waals surface area contributed by atoms with Gasteiger partial charge in [-0.2, -0.15) is 4.31 Å². The molecule has 0 bridgehead atoms. The first-order chi connectivity index (χ1) is 13.3. The normalized spacial score (nSPS) is 17.9. The Morgan fingerprint density at radius 3 is 2.57 bits per heavy atom. The lowest BCUT2D eigenvalue weighted by molar-refractivity contribution is -0.123. The minimum absolute atomic E-state index is 0.0861. The number of aryl methyl sites for hydroxylation is 1. The average molecular weight is 403 g/mol. The third kappa shape index (κ3) is 4.20. The fourth-order valence-corrected chi connectivity index (χ4v) is 4.97. The maximum absolute atomic E-state index is 13.0. The number of anilines is 1. The van der Waals surface area contributed by atoms with Crippen molar-refractivity contribution >= 4 is 21.6 Å². The van der Waals surface area contributed by atoms with Crippen molar-refractivity contribution in [1.29, 1.82) is 0 Å². The third-order valence-electron chi connectivity index (χ3n) is 5.16. The number of methoxy groups -OCH3 is 1. The standard InChI is InChI=1S/C21H26N2O4S/c1-16-9-11-20(12-10-16)28(25,26)23-13-5-6-17(15-23)21(24)22(2)18-7-4-8-19(14-18)27-3/h4,7-12,14,17H,5-6,13,15H2,1-3H3/t17-/m1/s1. The Balaban J connectivity index is 1.76. The molecule has 0 N–H and O–H groups in total. The third-order valence-corrected chi connectivity index (χ3v) is 7.04. The lowest BCUT2D eigenvalue weighted by atomic mass is 9.98. The van der Waals surface area contributed by atoms with Gasteiger partial charge >= 0.3 is 0 Å². The Hall–Kier alpha value is -2.38. The maximum Gasteiger partial charge on any atom is 0.243 e. The highest BCUT2D eigenvalue weighted by Gasteiger charge is 2.34. The number of carbonyl (C=O) groups is 1. The molecule has 0 aliphatic carbocycles. The molecule has 0 radical (unpaired) electrons. The summed E-state index contributed by atoms with van der Waals surface area (Å²) in [5.41, 5.74) is 1.73. The van der Waals surface area contributed by atoms with E-state index in [1.165, 1.54) is 4.31 Å². The highest BCUT2D eigenvalue weighted by Crippen LogP contribution is 2.27. The quantitative estimate of drug-likeness (QED) is 0.771. The summed E-state index contributed by atoms with van der Waals surface area (Å²) in [5, 5.41) is 0. The van der Waals surface area contributed by atoms with E-state index in [0.717, 1.165) is 11.3 Å². The summed E-state index contributed by atoms with van der Waals surface area (Å²) in [6, 6.07) is 14.1. The number of piperidine rings is 1. The van der Waals surface area contributed by atoms with Crippen molar-refractivity contribution in [2.24, 2.45) is 5.92 Å². The van der Waals surface area contributed by atoms with Gasteiger partial charge in [0.05, 0.1) is 17.9 Å². The van der Waals surface area contributed by atoms with E-state index in [1.807, 2.05) is 25.1 Å². The molecule has 0 saturated carbocycles. The number of rotatable bonds is 5. The maximum atomic E-state index is 13.0. The molecule has 1 saturated heterocycles. The topological polar surface area (TPSA) is 66.9 Å². The summed E-state index contributed by atoms with van der Waals surface area (Å²) in [4.78, 5) is 14.9. The van der Waals surface area contributed by atoms with Crippen LogP contribution < -0.4 is 9.64 Å². The second-order valence-electron chi connectivity index (χ2n) is 7.11. The average Bonchev–Trinajstić information content (AvgIpc) is 2.73. The van der Waals surface area contributed by atoms with Crippen LogP contribution in [0.25, 0.3) is 0 Å². The molecular formula is C21H26N2O4S. The summed E-state index contributed by atoms with van der Waals surface area (Å²) in [5.74, 6) is 0.214. The molecule has 3 rings (SSSR count). The van der Waals surface area contributed by atoms with Crippen molar-refractivity contribution in [2.45, 2.75) is 24.7 Å². The minimum atomic E-state index is -3.60. The highest BCUT2D eigenvalue weighted by atomic mass is 32.2. The van der Waals surface area contributed by atoms with Crippen molar-refractivity contribution in [2.75, 3.05) is 32.1 Å². The minimum Gasteiger partial charge on any atom is -0.497 e. The van der Waals surface area contributed by atoms with Gasteiger partial charge in [-0.1, -0.05) is 23.8 Å². The Kier molecular flexibility index (Phi) is 6.05. The van der Waals surface area contributed by atoms with Crippen LogP contribution >= 0.6 is 0 Å². The molecule has 1 fully saturated rings. The zero-order chi connectivity index (χ0) is 20.3. The van der Waals surface area contributed by atoms with Crippen molar-refractivity contribution in [3.8, 4) is 5.75 Å². The fraction of sp³-hybridized carbons (Fsp3) is 0.381. The molecule has 2 aromatic carbocycles. The molecule has 7 heteroatoms. The molecule has 2 aromatic rings. The van der Waals surface area contributed by atoms with Crippen LogP contribution in [-0.2, 0) is 14.8 Å². The van der Waals surface area contributed by atoms with Crippen LogP contribution in [-0.4, -0.2) is 45.9 Å². The molecule has 1 atom stereocenters. The van der Waals surface area contributed by atoms with Crippen molar-refractivity contribution in [3.05, 3.63) is 54.1 Å². The van der Waals surface area contributed by atoms with Gasteiger partial charge in [-0.25, -0.2) is 8.42 Å². The van der Waals surface area contributed by atoms with E-state index in [2.05, 4.69) is 0 Å². The van der Waals surface area contributed by atoms with E-state index in [0.29, 0.717) is 25.1 Å². The number of sulfonamides is 1. The Bertz CT molecular complexity index is 941. The van der Waals surface area contributed by atoms with Crippen LogP contribution in [0.5, 0.6) is 5.75 Å².